The number of methoxy groups -OCH3 is 1. The van der Waals surface area contributed by atoms with Gasteiger partial charge in [0.1, 0.15) is 17.5 Å². The first-order valence-corrected chi connectivity index (χ1v) is 3.91. The van der Waals surface area contributed by atoms with Gasteiger partial charge in [-0.25, -0.2) is 0 Å². The highest BCUT2D eigenvalue weighted by Gasteiger charge is 2.18. The second kappa shape index (κ2) is 3.97. The number of ether oxygens (including phenoxy) is 1. The first-order valence-electron chi connectivity index (χ1n) is 3.91. The Balaban J connectivity index is 3.11. The van der Waals surface area contributed by atoms with E-state index in [1.54, 1.807) is 0 Å². The minimum absolute atomic E-state index is 0.136. The van der Waals surface area contributed by atoms with Gasteiger partial charge in [-0.1, -0.05) is 0 Å². The summed E-state index contributed by atoms with van der Waals surface area (Å²) in [4.78, 5) is 10.6. The van der Waals surface area contributed by atoms with Gasteiger partial charge in [0.05, 0.1) is 7.11 Å². The summed E-state index contributed by atoms with van der Waals surface area (Å²) in [5, 5.41) is 18.0. The van der Waals surface area contributed by atoms with E-state index in [0.29, 0.717) is 5.75 Å². The average Bonchev–Trinajstić information content (AvgIpc) is 2.17. The number of aliphatic carboxylic acids is 1. The quantitative estimate of drug-likeness (QED) is 0.655. The van der Waals surface area contributed by atoms with Crippen molar-refractivity contribution >= 4 is 5.97 Å². The van der Waals surface area contributed by atoms with Crippen molar-refractivity contribution in [2.24, 2.45) is 5.73 Å². The fraction of sp³-hybridized carbons (Fsp3) is 0.222. The number of carbonyl (C=O) groups is 1. The fourth-order valence-corrected chi connectivity index (χ4v) is 1.04. The number of carboxylic acids is 1. The van der Waals surface area contributed by atoms with Crippen LogP contribution in [0.5, 0.6) is 11.5 Å². The van der Waals surface area contributed by atoms with Crippen molar-refractivity contribution in [1.29, 1.82) is 0 Å². The molecule has 1 rings (SSSR count). The van der Waals surface area contributed by atoms with E-state index in [0.717, 1.165) is 0 Å². The van der Waals surface area contributed by atoms with Crippen LogP contribution in [0.3, 0.4) is 0 Å². The van der Waals surface area contributed by atoms with E-state index in [4.69, 9.17) is 15.6 Å². The van der Waals surface area contributed by atoms with Crippen molar-refractivity contribution in [2.75, 3.05) is 7.11 Å². The van der Waals surface area contributed by atoms with Crippen molar-refractivity contribution in [3.63, 3.8) is 0 Å². The van der Waals surface area contributed by atoms with Crippen LogP contribution in [0.4, 0.5) is 0 Å². The van der Waals surface area contributed by atoms with Crippen LogP contribution in [0.25, 0.3) is 0 Å². The lowest BCUT2D eigenvalue weighted by molar-refractivity contribution is -0.138. The zero-order chi connectivity index (χ0) is 10.7. The molecule has 76 valence electrons. The van der Waals surface area contributed by atoms with Crippen molar-refractivity contribution in [2.45, 2.75) is 6.04 Å². The van der Waals surface area contributed by atoms with Gasteiger partial charge in [0, 0.05) is 5.56 Å². The smallest absolute Gasteiger partial charge is 0.325 e. The van der Waals surface area contributed by atoms with Crippen LogP contribution in [-0.4, -0.2) is 23.3 Å². The zero-order valence-corrected chi connectivity index (χ0v) is 7.60. The van der Waals surface area contributed by atoms with Crippen LogP contribution < -0.4 is 10.5 Å². The Hall–Kier alpha value is -1.75. The van der Waals surface area contributed by atoms with Crippen LogP contribution >= 0.6 is 0 Å². The largest absolute Gasteiger partial charge is 0.508 e. The lowest BCUT2D eigenvalue weighted by Crippen LogP contribution is -2.20. The summed E-state index contributed by atoms with van der Waals surface area (Å²) < 4.78 is 4.88. The highest BCUT2D eigenvalue weighted by atomic mass is 16.5. The number of hydrogen-bond donors (Lipinski definition) is 3. The maximum absolute atomic E-state index is 10.6. The van der Waals surface area contributed by atoms with E-state index in [2.05, 4.69) is 0 Å². The third-order valence-corrected chi connectivity index (χ3v) is 1.84. The van der Waals surface area contributed by atoms with E-state index in [9.17, 15) is 9.90 Å². The number of rotatable bonds is 3. The van der Waals surface area contributed by atoms with Crippen molar-refractivity contribution in [3.05, 3.63) is 23.8 Å². The van der Waals surface area contributed by atoms with Gasteiger partial charge < -0.3 is 20.7 Å². The fourth-order valence-electron chi connectivity index (χ4n) is 1.04. The highest BCUT2D eigenvalue weighted by molar-refractivity contribution is 5.76. The highest BCUT2D eigenvalue weighted by Crippen LogP contribution is 2.27. The summed E-state index contributed by atoms with van der Waals surface area (Å²) in [6.45, 7) is 0. The van der Waals surface area contributed by atoms with Crippen LogP contribution in [0.1, 0.15) is 11.6 Å². The molecule has 0 aliphatic carbocycles. The molecule has 0 heterocycles. The molecule has 1 aromatic carbocycles. The van der Waals surface area contributed by atoms with Gasteiger partial charge in [0.15, 0.2) is 0 Å². The number of carboxylic acid groups (broad SMARTS) is 1. The number of hydrogen-bond acceptors (Lipinski definition) is 4. The van der Waals surface area contributed by atoms with Gasteiger partial charge in [-0.15, -0.1) is 0 Å². The molecule has 0 fully saturated rings. The minimum Gasteiger partial charge on any atom is -0.508 e. The molecular formula is C9H11NO4. The molecule has 0 saturated carbocycles. The second-order valence-electron chi connectivity index (χ2n) is 2.74. The van der Waals surface area contributed by atoms with E-state index in [1.807, 2.05) is 0 Å². The molecule has 0 amide bonds. The van der Waals surface area contributed by atoms with Gasteiger partial charge in [-0.2, -0.15) is 0 Å². The molecule has 0 unspecified atom stereocenters. The monoisotopic (exact) mass is 197 g/mol. The van der Waals surface area contributed by atoms with Crippen molar-refractivity contribution in [1.82, 2.24) is 0 Å². The number of nitrogens with two attached hydrogens (primary N) is 1. The Morgan fingerprint density at radius 3 is 2.71 bits per heavy atom. The topological polar surface area (TPSA) is 92.8 Å². The van der Waals surface area contributed by atoms with Gasteiger partial charge in [-0.05, 0) is 18.2 Å². The standard InChI is InChI=1S/C9H11NO4/c1-14-5-2-3-7(11)6(4-5)8(10)9(12)13/h2-4,8,11H,10H2,1H3,(H,12,13)/t8-/m0/s1. The normalized spacial score (nSPS) is 12.1. The lowest BCUT2D eigenvalue weighted by atomic mass is 10.1. The Kier molecular flexibility index (Phi) is 2.93. The summed E-state index contributed by atoms with van der Waals surface area (Å²) in [6.07, 6.45) is 0. The molecule has 0 radical (unpaired) electrons. The number of aromatic hydroxyl groups is 1. The Morgan fingerprint density at radius 1 is 1.57 bits per heavy atom. The SMILES string of the molecule is COc1ccc(O)c([C@H](N)C(=O)O)c1. The summed E-state index contributed by atoms with van der Waals surface area (Å²) in [7, 11) is 1.45. The van der Waals surface area contributed by atoms with Crippen molar-refractivity contribution < 1.29 is 19.7 Å². The second-order valence-corrected chi connectivity index (χ2v) is 2.74. The molecule has 14 heavy (non-hydrogen) atoms. The summed E-state index contributed by atoms with van der Waals surface area (Å²) in [5.41, 5.74) is 5.48. The third kappa shape index (κ3) is 1.94. The maximum Gasteiger partial charge on any atom is 0.325 e. The molecule has 0 aliphatic rings. The van der Waals surface area contributed by atoms with Crippen LogP contribution in [0, 0.1) is 0 Å². The van der Waals surface area contributed by atoms with Gasteiger partial charge in [0.2, 0.25) is 0 Å². The lowest BCUT2D eigenvalue weighted by Gasteiger charge is -2.10. The van der Waals surface area contributed by atoms with Crippen molar-refractivity contribution in [3.8, 4) is 11.5 Å². The average molecular weight is 197 g/mol. The maximum atomic E-state index is 10.6. The number of phenols is 1. The Morgan fingerprint density at radius 2 is 2.21 bits per heavy atom. The molecule has 0 bridgehead atoms. The molecule has 1 aromatic rings. The van der Waals surface area contributed by atoms with E-state index in [1.165, 1.54) is 25.3 Å². The minimum atomic E-state index is -1.25. The molecule has 0 spiro atoms. The zero-order valence-electron chi connectivity index (χ0n) is 7.60. The van der Waals surface area contributed by atoms with E-state index < -0.39 is 12.0 Å². The molecule has 0 saturated heterocycles. The number of phenolic OH excluding ortho intramolecular Hbond substituents is 1. The molecule has 5 heteroatoms. The summed E-state index contributed by atoms with van der Waals surface area (Å²) in [5.74, 6) is -0.899. The Labute approximate surface area is 80.7 Å². The molecule has 0 aliphatic heterocycles. The third-order valence-electron chi connectivity index (χ3n) is 1.84. The molecule has 4 N–H and O–H groups in total. The predicted molar refractivity (Wildman–Crippen MR) is 49.2 cm³/mol. The molecular weight excluding hydrogens is 186 g/mol. The van der Waals surface area contributed by atoms with Gasteiger partial charge in [0.25, 0.3) is 0 Å². The predicted octanol–water partition coefficient (Wildman–Crippen LogP) is 0.485. The summed E-state index contributed by atoms with van der Waals surface area (Å²) >= 11 is 0. The number of benzene rings is 1. The van der Waals surface area contributed by atoms with Crippen LogP contribution in [0.15, 0.2) is 18.2 Å². The van der Waals surface area contributed by atoms with E-state index >= 15 is 0 Å². The first-order chi connectivity index (χ1) is 6.56. The van der Waals surface area contributed by atoms with Gasteiger partial charge >= 0.3 is 5.97 Å². The van der Waals surface area contributed by atoms with E-state index in [-0.39, 0.29) is 11.3 Å². The molecule has 0 aromatic heterocycles. The van der Waals surface area contributed by atoms with Crippen LogP contribution in [-0.2, 0) is 4.79 Å². The molecule has 5 nitrogen and oxygen atoms in total. The first kappa shape index (κ1) is 10.3. The van der Waals surface area contributed by atoms with Gasteiger partial charge in [-0.3, -0.25) is 4.79 Å². The molecule has 1 atom stereocenters. The van der Waals surface area contributed by atoms with Crippen LogP contribution in [0.2, 0.25) is 0 Å². The summed E-state index contributed by atoms with van der Waals surface area (Å²) in [6, 6.07) is 3.02. The Bertz CT molecular complexity index is 351.